The summed E-state index contributed by atoms with van der Waals surface area (Å²) in [5, 5.41) is 3.45. The van der Waals surface area contributed by atoms with Crippen LogP contribution in [0, 0.1) is 0 Å². The van der Waals surface area contributed by atoms with Gasteiger partial charge in [0, 0.05) is 25.7 Å². The normalized spacial score (nSPS) is 36.6. The molecule has 3 heteroatoms. The summed E-state index contributed by atoms with van der Waals surface area (Å²) in [5.41, 5.74) is 0. The van der Waals surface area contributed by atoms with Gasteiger partial charge in [0.05, 0.1) is 6.10 Å². The molecule has 3 nitrogen and oxygen atoms in total. The Hall–Kier alpha value is -0.120. The van der Waals surface area contributed by atoms with Crippen molar-refractivity contribution in [2.24, 2.45) is 0 Å². The molecule has 2 saturated heterocycles. The van der Waals surface area contributed by atoms with Gasteiger partial charge < -0.3 is 10.1 Å². The SMILES string of the molecule is CC1CC(N2CCCNCC2)CCO1. The zero-order valence-electron chi connectivity index (χ0n) is 9.17. The van der Waals surface area contributed by atoms with Crippen LogP contribution >= 0.6 is 0 Å². The number of ether oxygens (including phenoxy) is 1. The number of hydrogen-bond donors (Lipinski definition) is 1. The molecule has 2 rings (SSSR count). The fraction of sp³-hybridized carbons (Fsp3) is 1.00. The van der Waals surface area contributed by atoms with Gasteiger partial charge in [0.2, 0.25) is 0 Å². The van der Waals surface area contributed by atoms with Gasteiger partial charge in [-0.15, -0.1) is 0 Å². The summed E-state index contributed by atoms with van der Waals surface area (Å²) < 4.78 is 5.59. The van der Waals surface area contributed by atoms with E-state index in [0.717, 1.165) is 19.2 Å². The Bertz CT molecular complexity index is 167. The first-order valence-corrected chi connectivity index (χ1v) is 5.92. The van der Waals surface area contributed by atoms with Gasteiger partial charge in [-0.1, -0.05) is 0 Å². The van der Waals surface area contributed by atoms with Crippen LogP contribution in [0.3, 0.4) is 0 Å². The van der Waals surface area contributed by atoms with Gasteiger partial charge >= 0.3 is 0 Å². The summed E-state index contributed by atoms with van der Waals surface area (Å²) in [7, 11) is 0. The molecule has 0 amide bonds. The molecule has 2 heterocycles. The lowest BCUT2D eigenvalue weighted by molar-refractivity contribution is -0.0159. The van der Waals surface area contributed by atoms with E-state index in [0.29, 0.717) is 6.10 Å². The molecule has 0 aromatic carbocycles. The Balaban J connectivity index is 1.85. The molecular formula is C11H22N2O. The summed E-state index contributed by atoms with van der Waals surface area (Å²) in [4.78, 5) is 2.65. The van der Waals surface area contributed by atoms with Gasteiger partial charge in [-0.3, -0.25) is 4.90 Å². The van der Waals surface area contributed by atoms with E-state index in [4.69, 9.17) is 4.74 Å². The highest BCUT2D eigenvalue weighted by Gasteiger charge is 2.25. The molecule has 0 spiro atoms. The minimum atomic E-state index is 0.463. The quantitative estimate of drug-likeness (QED) is 0.676. The first-order valence-electron chi connectivity index (χ1n) is 5.92. The second-order valence-electron chi connectivity index (χ2n) is 4.50. The molecule has 2 unspecified atom stereocenters. The minimum Gasteiger partial charge on any atom is -0.378 e. The average molecular weight is 198 g/mol. The van der Waals surface area contributed by atoms with Crippen molar-refractivity contribution in [2.45, 2.75) is 38.3 Å². The number of rotatable bonds is 1. The molecule has 82 valence electrons. The van der Waals surface area contributed by atoms with Crippen molar-refractivity contribution >= 4 is 0 Å². The molecular weight excluding hydrogens is 176 g/mol. The fourth-order valence-corrected chi connectivity index (χ4v) is 2.54. The van der Waals surface area contributed by atoms with Gasteiger partial charge in [0.25, 0.3) is 0 Å². The first-order chi connectivity index (χ1) is 6.86. The number of nitrogens with zero attached hydrogens (tertiary/aromatic N) is 1. The Morgan fingerprint density at radius 3 is 3.07 bits per heavy atom. The molecule has 14 heavy (non-hydrogen) atoms. The van der Waals surface area contributed by atoms with Crippen molar-refractivity contribution in [1.82, 2.24) is 10.2 Å². The Morgan fingerprint density at radius 1 is 1.29 bits per heavy atom. The largest absolute Gasteiger partial charge is 0.378 e. The molecule has 2 aliphatic rings. The second kappa shape index (κ2) is 5.10. The lowest BCUT2D eigenvalue weighted by Crippen LogP contribution is -2.43. The third-order valence-corrected chi connectivity index (χ3v) is 3.35. The Morgan fingerprint density at radius 2 is 2.21 bits per heavy atom. The van der Waals surface area contributed by atoms with E-state index in [1.54, 1.807) is 0 Å². The van der Waals surface area contributed by atoms with Crippen LogP contribution in [-0.2, 0) is 4.74 Å². The summed E-state index contributed by atoms with van der Waals surface area (Å²) >= 11 is 0. The Labute approximate surface area is 86.8 Å². The lowest BCUT2D eigenvalue weighted by Gasteiger charge is -2.35. The molecule has 2 atom stereocenters. The van der Waals surface area contributed by atoms with E-state index in [1.165, 1.54) is 38.9 Å². The smallest absolute Gasteiger partial charge is 0.0561 e. The van der Waals surface area contributed by atoms with Crippen molar-refractivity contribution in [3.63, 3.8) is 0 Å². The predicted octanol–water partition coefficient (Wildman–Crippen LogP) is 0.849. The lowest BCUT2D eigenvalue weighted by atomic mass is 10.0. The highest BCUT2D eigenvalue weighted by molar-refractivity contribution is 4.79. The topological polar surface area (TPSA) is 24.5 Å². The van der Waals surface area contributed by atoms with Gasteiger partial charge in [0.15, 0.2) is 0 Å². The number of nitrogens with one attached hydrogen (secondary N) is 1. The van der Waals surface area contributed by atoms with Crippen LogP contribution in [0.1, 0.15) is 26.2 Å². The zero-order chi connectivity index (χ0) is 9.80. The van der Waals surface area contributed by atoms with Gasteiger partial charge in [-0.05, 0) is 39.3 Å². The van der Waals surface area contributed by atoms with Crippen LogP contribution in [0.5, 0.6) is 0 Å². The molecule has 1 N–H and O–H groups in total. The monoisotopic (exact) mass is 198 g/mol. The molecule has 2 fully saturated rings. The van der Waals surface area contributed by atoms with Crippen molar-refractivity contribution in [2.75, 3.05) is 32.8 Å². The predicted molar refractivity (Wildman–Crippen MR) is 57.5 cm³/mol. The van der Waals surface area contributed by atoms with Crippen molar-refractivity contribution in [3.8, 4) is 0 Å². The molecule has 0 saturated carbocycles. The molecule has 0 aliphatic carbocycles. The van der Waals surface area contributed by atoms with Gasteiger partial charge in [0.1, 0.15) is 0 Å². The highest BCUT2D eigenvalue weighted by atomic mass is 16.5. The van der Waals surface area contributed by atoms with Gasteiger partial charge in [-0.2, -0.15) is 0 Å². The van der Waals surface area contributed by atoms with Crippen molar-refractivity contribution < 1.29 is 4.74 Å². The fourth-order valence-electron chi connectivity index (χ4n) is 2.54. The molecule has 0 radical (unpaired) electrons. The van der Waals surface area contributed by atoms with E-state index in [9.17, 15) is 0 Å². The van der Waals surface area contributed by atoms with E-state index in [1.807, 2.05) is 0 Å². The summed E-state index contributed by atoms with van der Waals surface area (Å²) in [6.07, 6.45) is 4.21. The van der Waals surface area contributed by atoms with Crippen LogP contribution in [0.4, 0.5) is 0 Å². The van der Waals surface area contributed by atoms with Crippen LogP contribution in [-0.4, -0.2) is 49.8 Å². The highest BCUT2D eigenvalue weighted by Crippen LogP contribution is 2.19. The first kappa shape index (κ1) is 10.4. The summed E-state index contributed by atoms with van der Waals surface area (Å²) in [6, 6.07) is 0.777. The molecule has 0 aromatic rings. The van der Waals surface area contributed by atoms with Crippen LogP contribution < -0.4 is 5.32 Å². The average Bonchev–Trinajstić information content (AvgIpc) is 2.45. The third-order valence-electron chi connectivity index (χ3n) is 3.35. The summed E-state index contributed by atoms with van der Waals surface area (Å²) in [6.45, 7) is 7.99. The van der Waals surface area contributed by atoms with E-state index >= 15 is 0 Å². The maximum Gasteiger partial charge on any atom is 0.0561 e. The standard InChI is InChI=1S/C11H22N2O/c1-10-9-11(3-8-14-10)13-6-2-4-12-5-7-13/h10-12H,2-9H2,1H3. The van der Waals surface area contributed by atoms with E-state index in [-0.39, 0.29) is 0 Å². The van der Waals surface area contributed by atoms with Crippen LogP contribution in [0.25, 0.3) is 0 Å². The summed E-state index contributed by atoms with van der Waals surface area (Å²) in [5.74, 6) is 0. The van der Waals surface area contributed by atoms with Crippen molar-refractivity contribution in [1.29, 1.82) is 0 Å². The van der Waals surface area contributed by atoms with Crippen molar-refractivity contribution in [3.05, 3.63) is 0 Å². The second-order valence-corrected chi connectivity index (χ2v) is 4.50. The molecule has 0 bridgehead atoms. The van der Waals surface area contributed by atoms with Crippen LogP contribution in [0.15, 0.2) is 0 Å². The van der Waals surface area contributed by atoms with Crippen LogP contribution in [0.2, 0.25) is 0 Å². The molecule has 0 aromatic heterocycles. The Kier molecular flexibility index (Phi) is 3.79. The van der Waals surface area contributed by atoms with E-state index in [2.05, 4.69) is 17.1 Å². The zero-order valence-corrected chi connectivity index (χ0v) is 9.17. The minimum absolute atomic E-state index is 0.463. The maximum atomic E-state index is 5.59. The third kappa shape index (κ3) is 2.69. The molecule has 2 aliphatic heterocycles. The number of hydrogen-bond acceptors (Lipinski definition) is 3. The van der Waals surface area contributed by atoms with E-state index < -0.39 is 0 Å². The van der Waals surface area contributed by atoms with Gasteiger partial charge in [-0.25, -0.2) is 0 Å². The maximum absolute atomic E-state index is 5.59.